The lowest BCUT2D eigenvalue weighted by Crippen LogP contribution is -2.04. The summed E-state index contributed by atoms with van der Waals surface area (Å²) in [6.45, 7) is 0.392. The van der Waals surface area contributed by atoms with Gasteiger partial charge in [-0.1, -0.05) is 46.3 Å². The molecule has 1 aromatic rings. The molecule has 1 aliphatic rings. The van der Waals surface area contributed by atoms with Gasteiger partial charge in [0.15, 0.2) is 0 Å². The van der Waals surface area contributed by atoms with Crippen molar-refractivity contribution < 1.29 is 9.53 Å². The molecule has 0 radical (unpaired) electrons. The first-order valence-electron chi connectivity index (χ1n) is 4.35. The third kappa shape index (κ3) is 1.73. The number of carbonyl (C=O) groups is 1. The molecule has 0 saturated carbocycles. The number of rotatable bonds is 2. The number of benzene rings is 1. The summed E-state index contributed by atoms with van der Waals surface area (Å²) in [6, 6.07) is 9.80. The van der Waals surface area contributed by atoms with Gasteiger partial charge in [0.05, 0.1) is 10.4 Å². The standard InChI is InChI=1S/C11H9BrO2/c12-10(8-4-2-1-3-5-8)9-6-7-14-11(9)13/h1-6,10H,7H2. The number of hydrogen-bond acceptors (Lipinski definition) is 2. The molecular weight excluding hydrogens is 244 g/mol. The maximum atomic E-state index is 11.3. The number of ether oxygens (including phenoxy) is 1. The molecule has 0 fully saturated rings. The zero-order valence-electron chi connectivity index (χ0n) is 7.44. The van der Waals surface area contributed by atoms with E-state index in [1.165, 1.54) is 0 Å². The predicted octanol–water partition coefficient (Wildman–Crippen LogP) is 2.61. The molecule has 2 nitrogen and oxygen atoms in total. The molecule has 1 atom stereocenters. The quantitative estimate of drug-likeness (QED) is 0.598. The Hall–Kier alpha value is -1.09. The highest BCUT2D eigenvalue weighted by molar-refractivity contribution is 9.09. The maximum Gasteiger partial charge on any atom is 0.335 e. The van der Waals surface area contributed by atoms with Gasteiger partial charge in [0.25, 0.3) is 0 Å². The SMILES string of the molecule is O=C1OCC=C1C(Br)c1ccccc1. The predicted molar refractivity (Wildman–Crippen MR) is 57.2 cm³/mol. The van der Waals surface area contributed by atoms with E-state index in [2.05, 4.69) is 15.9 Å². The second kappa shape index (κ2) is 3.96. The summed E-state index contributed by atoms with van der Waals surface area (Å²) in [6.07, 6.45) is 1.81. The molecule has 72 valence electrons. The highest BCUT2D eigenvalue weighted by Crippen LogP contribution is 2.32. The first-order chi connectivity index (χ1) is 6.79. The summed E-state index contributed by atoms with van der Waals surface area (Å²) in [5, 5.41) is 0. The van der Waals surface area contributed by atoms with Crippen LogP contribution in [0.25, 0.3) is 0 Å². The molecule has 1 unspecified atom stereocenters. The van der Waals surface area contributed by atoms with Crippen LogP contribution in [0.4, 0.5) is 0 Å². The van der Waals surface area contributed by atoms with Crippen LogP contribution >= 0.6 is 15.9 Å². The maximum absolute atomic E-state index is 11.3. The van der Waals surface area contributed by atoms with Gasteiger partial charge in [0, 0.05) is 0 Å². The third-order valence-electron chi connectivity index (χ3n) is 2.12. The summed E-state index contributed by atoms with van der Waals surface area (Å²) in [7, 11) is 0. The monoisotopic (exact) mass is 252 g/mol. The van der Waals surface area contributed by atoms with E-state index in [-0.39, 0.29) is 10.8 Å². The van der Waals surface area contributed by atoms with E-state index in [0.29, 0.717) is 12.2 Å². The second-order valence-corrected chi connectivity index (χ2v) is 3.95. The highest BCUT2D eigenvalue weighted by atomic mass is 79.9. The zero-order chi connectivity index (χ0) is 9.97. The van der Waals surface area contributed by atoms with E-state index in [0.717, 1.165) is 5.56 Å². The average molecular weight is 253 g/mol. The molecule has 0 spiro atoms. The number of cyclic esters (lactones) is 1. The summed E-state index contributed by atoms with van der Waals surface area (Å²) in [5.74, 6) is -0.226. The smallest absolute Gasteiger partial charge is 0.335 e. The van der Waals surface area contributed by atoms with Crippen molar-refractivity contribution in [3.63, 3.8) is 0 Å². The van der Waals surface area contributed by atoms with Gasteiger partial charge in [0.1, 0.15) is 6.61 Å². The Bertz CT molecular complexity index is 370. The van der Waals surface area contributed by atoms with E-state index >= 15 is 0 Å². The Morgan fingerprint density at radius 2 is 2.00 bits per heavy atom. The van der Waals surface area contributed by atoms with E-state index in [1.54, 1.807) is 0 Å². The van der Waals surface area contributed by atoms with Crippen LogP contribution in [0.15, 0.2) is 42.0 Å². The van der Waals surface area contributed by atoms with Gasteiger partial charge in [-0.2, -0.15) is 0 Å². The van der Waals surface area contributed by atoms with Crippen LogP contribution in [-0.4, -0.2) is 12.6 Å². The lowest BCUT2D eigenvalue weighted by atomic mass is 10.1. The largest absolute Gasteiger partial charge is 0.458 e. The average Bonchev–Trinajstić information content (AvgIpc) is 2.65. The van der Waals surface area contributed by atoms with Gasteiger partial charge in [-0.3, -0.25) is 0 Å². The summed E-state index contributed by atoms with van der Waals surface area (Å²) in [5.41, 5.74) is 1.76. The molecule has 1 aromatic carbocycles. The molecular formula is C11H9BrO2. The van der Waals surface area contributed by atoms with Crippen LogP contribution in [0, 0.1) is 0 Å². The Kier molecular flexibility index (Phi) is 2.68. The summed E-state index contributed by atoms with van der Waals surface area (Å²) < 4.78 is 4.85. The lowest BCUT2D eigenvalue weighted by molar-refractivity contribution is -0.136. The lowest BCUT2D eigenvalue weighted by Gasteiger charge is -2.08. The normalized spacial score (nSPS) is 17.5. The molecule has 1 heterocycles. The number of halogens is 1. The zero-order valence-corrected chi connectivity index (χ0v) is 9.03. The number of alkyl halides is 1. The first kappa shape index (κ1) is 9.46. The molecule has 1 aliphatic heterocycles. The van der Waals surface area contributed by atoms with E-state index in [1.807, 2.05) is 36.4 Å². The molecule has 0 bridgehead atoms. The Balaban J connectivity index is 2.24. The summed E-state index contributed by atoms with van der Waals surface area (Å²) >= 11 is 3.48. The topological polar surface area (TPSA) is 26.3 Å². The van der Waals surface area contributed by atoms with Crippen LogP contribution in [-0.2, 0) is 9.53 Å². The Morgan fingerprint density at radius 1 is 1.29 bits per heavy atom. The van der Waals surface area contributed by atoms with E-state index in [9.17, 15) is 4.79 Å². The molecule has 3 heteroatoms. The highest BCUT2D eigenvalue weighted by Gasteiger charge is 2.24. The molecule has 14 heavy (non-hydrogen) atoms. The number of hydrogen-bond donors (Lipinski definition) is 0. The molecule has 2 rings (SSSR count). The minimum absolute atomic E-state index is 0.0568. The second-order valence-electron chi connectivity index (χ2n) is 3.03. The van der Waals surface area contributed by atoms with Crippen LogP contribution in [0.2, 0.25) is 0 Å². The van der Waals surface area contributed by atoms with Crippen molar-refractivity contribution in [3.05, 3.63) is 47.5 Å². The molecule has 0 aromatic heterocycles. The van der Waals surface area contributed by atoms with Crippen molar-refractivity contribution in [2.75, 3.05) is 6.61 Å². The number of esters is 1. The fourth-order valence-corrected chi connectivity index (χ4v) is 2.06. The van der Waals surface area contributed by atoms with Gasteiger partial charge in [-0.05, 0) is 11.6 Å². The van der Waals surface area contributed by atoms with Crippen molar-refractivity contribution >= 4 is 21.9 Å². The van der Waals surface area contributed by atoms with Crippen molar-refractivity contribution in [2.24, 2.45) is 0 Å². The van der Waals surface area contributed by atoms with Crippen LogP contribution < -0.4 is 0 Å². The van der Waals surface area contributed by atoms with E-state index < -0.39 is 0 Å². The minimum atomic E-state index is -0.226. The fourth-order valence-electron chi connectivity index (χ4n) is 1.38. The van der Waals surface area contributed by atoms with Crippen LogP contribution in [0.1, 0.15) is 10.4 Å². The molecule has 0 amide bonds. The fraction of sp³-hybridized carbons (Fsp3) is 0.182. The van der Waals surface area contributed by atoms with Crippen molar-refractivity contribution in [3.8, 4) is 0 Å². The van der Waals surface area contributed by atoms with Gasteiger partial charge >= 0.3 is 5.97 Å². The van der Waals surface area contributed by atoms with Crippen molar-refractivity contribution in [2.45, 2.75) is 4.83 Å². The molecule has 0 aliphatic carbocycles. The van der Waals surface area contributed by atoms with Gasteiger partial charge in [-0.25, -0.2) is 4.79 Å². The third-order valence-corrected chi connectivity index (χ3v) is 3.14. The van der Waals surface area contributed by atoms with Crippen LogP contribution in [0.5, 0.6) is 0 Å². The van der Waals surface area contributed by atoms with Gasteiger partial charge in [-0.15, -0.1) is 0 Å². The number of carbonyl (C=O) groups excluding carboxylic acids is 1. The summed E-state index contributed by atoms with van der Waals surface area (Å²) in [4.78, 5) is 11.2. The molecule has 0 N–H and O–H groups in total. The molecule has 0 saturated heterocycles. The van der Waals surface area contributed by atoms with Gasteiger partial charge < -0.3 is 4.74 Å². The van der Waals surface area contributed by atoms with Gasteiger partial charge in [0.2, 0.25) is 0 Å². The van der Waals surface area contributed by atoms with Crippen molar-refractivity contribution in [1.29, 1.82) is 0 Å². The van der Waals surface area contributed by atoms with Crippen LogP contribution in [0.3, 0.4) is 0 Å². The Labute approximate surface area is 90.7 Å². The Morgan fingerprint density at radius 3 is 2.57 bits per heavy atom. The van der Waals surface area contributed by atoms with Crippen molar-refractivity contribution in [1.82, 2.24) is 0 Å². The van der Waals surface area contributed by atoms with E-state index in [4.69, 9.17) is 4.74 Å². The minimum Gasteiger partial charge on any atom is -0.458 e. The first-order valence-corrected chi connectivity index (χ1v) is 5.27.